The molecule has 0 radical (unpaired) electrons. The van der Waals surface area contributed by atoms with Crippen molar-refractivity contribution < 1.29 is 9.90 Å². The van der Waals surface area contributed by atoms with Crippen molar-refractivity contribution >= 4 is 5.78 Å². The molecular weight excluding hydrogens is 128 g/mol. The molecule has 0 amide bonds. The Balaban J connectivity index is 2.05. The number of Topliss-reactive ketones (excluding diaryl/α,β-unsaturated/α-hetero) is 1. The lowest BCUT2D eigenvalue weighted by Crippen LogP contribution is -2.15. The van der Waals surface area contributed by atoms with Gasteiger partial charge in [-0.15, -0.1) is 0 Å². The van der Waals surface area contributed by atoms with E-state index in [1.807, 2.05) is 0 Å². The molecule has 1 atom stereocenters. The first-order valence-corrected chi connectivity index (χ1v) is 3.91. The van der Waals surface area contributed by atoms with Crippen LogP contribution in [0, 0.1) is 5.92 Å². The van der Waals surface area contributed by atoms with Gasteiger partial charge in [0.2, 0.25) is 0 Å². The fourth-order valence-corrected chi connectivity index (χ4v) is 0.962. The van der Waals surface area contributed by atoms with E-state index in [-0.39, 0.29) is 5.78 Å². The number of aliphatic hydroxyl groups is 1. The fraction of sp³-hybridized carbons (Fsp3) is 0.875. The minimum atomic E-state index is -0.751. The van der Waals surface area contributed by atoms with E-state index in [4.69, 9.17) is 5.11 Å². The minimum absolute atomic E-state index is 0.00750. The van der Waals surface area contributed by atoms with Crippen LogP contribution in [0.2, 0.25) is 0 Å². The topological polar surface area (TPSA) is 37.3 Å². The predicted molar refractivity (Wildman–Crippen MR) is 38.6 cm³/mol. The van der Waals surface area contributed by atoms with Gasteiger partial charge in [-0.3, -0.25) is 4.79 Å². The number of hydrogen-bond acceptors (Lipinski definition) is 2. The van der Waals surface area contributed by atoms with Crippen LogP contribution in [0.5, 0.6) is 0 Å². The molecule has 58 valence electrons. The molecule has 1 aliphatic rings. The van der Waals surface area contributed by atoms with Crippen molar-refractivity contribution in [3.05, 3.63) is 0 Å². The molecule has 1 fully saturated rings. The van der Waals surface area contributed by atoms with Crippen molar-refractivity contribution in [3.63, 3.8) is 0 Å². The molecule has 10 heavy (non-hydrogen) atoms. The Labute approximate surface area is 61.2 Å². The minimum Gasteiger partial charge on any atom is -0.386 e. The van der Waals surface area contributed by atoms with Crippen LogP contribution in [0.3, 0.4) is 0 Å². The molecule has 0 spiro atoms. The number of carbonyl (C=O) groups is 1. The fourth-order valence-electron chi connectivity index (χ4n) is 0.962. The quantitative estimate of drug-likeness (QED) is 0.638. The average molecular weight is 142 g/mol. The normalized spacial score (nSPS) is 20.6. The summed E-state index contributed by atoms with van der Waals surface area (Å²) in [6.07, 6.45) is 3.38. The molecule has 1 saturated carbocycles. The van der Waals surface area contributed by atoms with Crippen molar-refractivity contribution in [1.29, 1.82) is 0 Å². The highest BCUT2D eigenvalue weighted by molar-refractivity contribution is 5.82. The van der Waals surface area contributed by atoms with Gasteiger partial charge in [0.05, 0.1) is 0 Å². The van der Waals surface area contributed by atoms with Crippen LogP contribution in [0.15, 0.2) is 0 Å². The van der Waals surface area contributed by atoms with Gasteiger partial charge in [0.1, 0.15) is 6.10 Å². The Morgan fingerprint density at radius 1 is 1.70 bits per heavy atom. The van der Waals surface area contributed by atoms with Gasteiger partial charge in [-0.25, -0.2) is 0 Å². The summed E-state index contributed by atoms with van der Waals surface area (Å²) in [7, 11) is 0. The second-order valence-electron chi connectivity index (χ2n) is 3.12. The summed E-state index contributed by atoms with van der Waals surface area (Å²) in [5, 5.41) is 8.80. The largest absolute Gasteiger partial charge is 0.386 e. The van der Waals surface area contributed by atoms with Crippen molar-refractivity contribution in [1.82, 2.24) is 0 Å². The zero-order valence-electron chi connectivity index (χ0n) is 6.34. The predicted octanol–water partition coefficient (Wildman–Crippen LogP) is 1.13. The smallest absolute Gasteiger partial charge is 0.160 e. The van der Waals surface area contributed by atoms with E-state index < -0.39 is 6.10 Å². The number of hydrogen-bond donors (Lipinski definition) is 1. The zero-order valence-corrected chi connectivity index (χ0v) is 6.34. The number of carbonyl (C=O) groups excluding carboxylic acids is 1. The van der Waals surface area contributed by atoms with Crippen molar-refractivity contribution in [2.24, 2.45) is 5.92 Å². The summed E-state index contributed by atoms with van der Waals surface area (Å²) in [6, 6.07) is 0. The summed E-state index contributed by atoms with van der Waals surface area (Å²) < 4.78 is 0. The number of rotatable bonds is 4. The highest BCUT2D eigenvalue weighted by Crippen LogP contribution is 2.33. The molecule has 0 bridgehead atoms. The van der Waals surface area contributed by atoms with Crippen molar-refractivity contribution in [2.45, 2.75) is 38.7 Å². The molecule has 0 heterocycles. The maximum Gasteiger partial charge on any atom is 0.160 e. The first-order chi connectivity index (χ1) is 4.70. The van der Waals surface area contributed by atoms with E-state index in [2.05, 4.69) is 0 Å². The Kier molecular flexibility index (Phi) is 2.44. The van der Waals surface area contributed by atoms with Crippen LogP contribution >= 0.6 is 0 Å². The molecule has 0 saturated heterocycles. The average Bonchev–Trinajstić information content (AvgIpc) is 2.64. The van der Waals surface area contributed by atoms with Crippen LogP contribution in [-0.4, -0.2) is 17.0 Å². The SMILES string of the molecule is CC(O)C(=O)CCC1CC1. The summed E-state index contributed by atoms with van der Waals surface area (Å²) in [5.74, 6) is 0.787. The lowest BCUT2D eigenvalue weighted by molar-refractivity contribution is -0.126. The van der Waals surface area contributed by atoms with Crippen molar-refractivity contribution in [3.8, 4) is 0 Å². The molecule has 0 aromatic heterocycles. The Hall–Kier alpha value is -0.370. The molecule has 1 unspecified atom stereocenters. The monoisotopic (exact) mass is 142 g/mol. The molecular formula is C8H14O2. The molecule has 0 aromatic carbocycles. The number of ketones is 1. The number of aliphatic hydroxyl groups excluding tert-OH is 1. The summed E-state index contributed by atoms with van der Waals surface area (Å²) in [6.45, 7) is 1.54. The van der Waals surface area contributed by atoms with Gasteiger partial charge in [0, 0.05) is 6.42 Å². The standard InChI is InChI=1S/C8H14O2/c1-6(9)8(10)5-4-7-2-3-7/h6-7,9H,2-5H2,1H3. The van der Waals surface area contributed by atoms with Crippen LogP contribution in [0.1, 0.15) is 32.6 Å². The zero-order chi connectivity index (χ0) is 7.56. The first-order valence-electron chi connectivity index (χ1n) is 3.91. The Morgan fingerprint density at radius 2 is 2.30 bits per heavy atom. The van der Waals surface area contributed by atoms with E-state index in [0.29, 0.717) is 6.42 Å². The lowest BCUT2D eigenvalue weighted by Gasteiger charge is -2.00. The molecule has 2 nitrogen and oxygen atoms in total. The third kappa shape index (κ3) is 2.48. The van der Waals surface area contributed by atoms with Gasteiger partial charge in [-0.1, -0.05) is 12.8 Å². The highest BCUT2D eigenvalue weighted by Gasteiger charge is 2.22. The van der Waals surface area contributed by atoms with E-state index in [1.54, 1.807) is 0 Å². The van der Waals surface area contributed by atoms with Crippen molar-refractivity contribution in [2.75, 3.05) is 0 Å². The van der Waals surface area contributed by atoms with Gasteiger partial charge in [-0.2, -0.15) is 0 Å². The molecule has 1 N–H and O–H groups in total. The summed E-state index contributed by atoms with van der Waals surface area (Å²) >= 11 is 0. The van der Waals surface area contributed by atoms with Gasteiger partial charge in [-0.05, 0) is 19.3 Å². The third-order valence-corrected chi connectivity index (χ3v) is 1.96. The Morgan fingerprint density at radius 3 is 2.70 bits per heavy atom. The third-order valence-electron chi connectivity index (χ3n) is 1.96. The highest BCUT2D eigenvalue weighted by atomic mass is 16.3. The summed E-state index contributed by atoms with van der Waals surface area (Å²) in [4.78, 5) is 10.8. The molecule has 0 aliphatic heterocycles. The van der Waals surface area contributed by atoms with Gasteiger partial charge in [0.15, 0.2) is 5.78 Å². The molecule has 1 rings (SSSR count). The van der Waals surface area contributed by atoms with E-state index in [0.717, 1.165) is 12.3 Å². The lowest BCUT2D eigenvalue weighted by atomic mass is 10.1. The maximum absolute atomic E-state index is 10.8. The van der Waals surface area contributed by atoms with E-state index in [9.17, 15) is 4.79 Å². The van der Waals surface area contributed by atoms with Crippen LogP contribution in [-0.2, 0) is 4.79 Å². The maximum atomic E-state index is 10.8. The van der Waals surface area contributed by atoms with E-state index in [1.165, 1.54) is 19.8 Å². The van der Waals surface area contributed by atoms with Gasteiger partial charge < -0.3 is 5.11 Å². The Bertz CT molecular complexity index is 125. The first kappa shape index (κ1) is 7.73. The molecule has 0 aromatic rings. The van der Waals surface area contributed by atoms with Gasteiger partial charge in [0.25, 0.3) is 0 Å². The second-order valence-corrected chi connectivity index (χ2v) is 3.12. The van der Waals surface area contributed by atoms with Crippen LogP contribution in [0.25, 0.3) is 0 Å². The summed E-state index contributed by atoms with van der Waals surface area (Å²) in [5.41, 5.74) is 0. The van der Waals surface area contributed by atoms with Crippen LogP contribution in [0.4, 0.5) is 0 Å². The van der Waals surface area contributed by atoms with E-state index >= 15 is 0 Å². The van der Waals surface area contributed by atoms with Crippen LogP contribution < -0.4 is 0 Å². The molecule has 1 aliphatic carbocycles. The molecule has 2 heteroatoms. The van der Waals surface area contributed by atoms with Gasteiger partial charge >= 0.3 is 0 Å². The second kappa shape index (κ2) is 3.15.